The monoisotopic (exact) mass is 300 g/mol. The van der Waals surface area contributed by atoms with Crippen LogP contribution in [-0.4, -0.2) is 0 Å². The van der Waals surface area contributed by atoms with Crippen molar-refractivity contribution in [3.05, 3.63) is 32.3 Å². The average Bonchev–Trinajstić information content (AvgIpc) is 2.42. The van der Waals surface area contributed by atoms with Gasteiger partial charge in [0, 0.05) is 4.47 Å². The van der Waals surface area contributed by atoms with E-state index in [9.17, 15) is 10.5 Å². The lowest BCUT2D eigenvalue weighted by molar-refractivity contribution is 0.356. The third-order valence-electron chi connectivity index (χ3n) is 4.54. The summed E-state index contributed by atoms with van der Waals surface area (Å²) in [5.41, 5.74) is 4.82. The normalized spacial score (nSPS) is 24.2. The minimum absolute atomic E-state index is 0.529. The van der Waals surface area contributed by atoms with Crippen molar-refractivity contribution >= 4 is 15.9 Å². The van der Waals surface area contributed by atoms with Gasteiger partial charge in [-0.05, 0) is 77.1 Å². The number of halogens is 1. The fraction of sp³-hybridized carbons (Fsp3) is 0.467. The van der Waals surface area contributed by atoms with Gasteiger partial charge in [0.1, 0.15) is 12.1 Å². The summed E-state index contributed by atoms with van der Waals surface area (Å²) < 4.78 is 0.886. The number of fused-ring (bicyclic) bond motifs is 2. The Bertz CT molecular complexity index is 556. The van der Waals surface area contributed by atoms with Crippen LogP contribution in [0.4, 0.5) is 0 Å². The molecule has 0 saturated heterocycles. The van der Waals surface area contributed by atoms with E-state index in [2.05, 4.69) is 28.1 Å². The first-order valence-electron chi connectivity index (χ1n) is 6.35. The van der Waals surface area contributed by atoms with Crippen molar-refractivity contribution in [3.8, 4) is 12.1 Å². The molecule has 18 heavy (non-hydrogen) atoms. The molecule has 0 aliphatic heterocycles. The zero-order valence-corrected chi connectivity index (χ0v) is 11.8. The average molecular weight is 301 g/mol. The van der Waals surface area contributed by atoms with E-state index in [0.29, 0.717) is 23.0 Å². The van der Waals surface area contributed by atoms with Gasteiger partial charge in [-0.3, -0.25) is 0 Å². The predicted molar refractivity (Wildman–Crippen MR) is 72.3 cm³/mol. The molecule has 0 spiro atoms. The zero-order valence-electron chi connectivity index (χ0n) is 10.3. The van der Waals surface area contributed by atoms with Gasteiger partial charge in [-0.2, -0.15) is 10.5 Å². The maximum Gasteiger partial charge on any atom is 0.102 e. The summed E-state index contributed by atoms with van der Waals surface area (Å²) in [5, 5.41) is 18.6. The Kier molecular flexibility index (Phi) is 2.68. The lowest BCUT2D eigenvalue weighted by Gasteiger charge is -2.40. The molecule has 0 unspecified atom stereocenters. The zero-order chi connectivity index (χ0) is 12.9. The van der Waals surface area contributed by atoms with Crippen LogP contribution in [0.15, 0.2) is 4.47 Å². The van der Waals surface area contributed by atoms with E-state index in [4.69, 9.17) is 0 Å². The molecule has 1 fully saturated rings. The highest BCUT2D eigenvalue weighted by Gasteiger charge is 2.37. The van der Waals surface area contributed by atoms with E-state index in [0.717, 1.165) is 10.0 Å². The number of nitriles is 2. The van der Waals surface area contributed by atoms with Crippen molar-refractivity contribution in [1.82, 2.24) is 0 Å². The molecule has 90 valence electrons. The van der Waals surface area contributed by atoms with E-state index in [1.807, 2.05) is 6.92 Å². The molecule has 0 aromatic heterocycles. The topological polar surface area (TPSA) is 47.6 Å². The van der Waals surface area contributed by atoms with Gasteiger partial charge in [-0.25, -0.2) is 0 Å². The summed E-state index contributed by atoms with van der Waals surface area (Å²) >= 11 is 3.58. The third kappa shape index (κ3) is 1.38. The van der Waals surface area contributed by atoms with Gasteiger partial charge in [0.25, 0.3) is 0 Å². The first kappa shape index (κ1) is 11.8. The molecule has 1 aromatic carbocycles. The largest absolute Gasteiger partial charge is 0.192 e. The molecule has 3 aliphatic rings. The molecule has 2 nitrogen and oxygen atoms in total. The van der Waals surface area contributed by atoms with Crippen LogP contribution in [0.25, 0.3) is 0 Å². The Balaban J connectivity index is 2.40. The van der Waals surface area contributed by atoms with Crippen LogP contribution in [0.5, 0.6) is 0 Å². The van der Waals surface area contributed by atoms with Crippen LogP contribution in [0.2, 0.25) is 0 Å². The quantitative estimate of drug-likeness (QED) is 0.719. The van der Waals surface area contributed by atoms with Crippen molar-refractivity contribution in [1.29, 1.82) is 10.5 Å². The van der Waals surface area contributed by atoms with Gasteiger partial charge < -0.3 is 0 Å². The lowest BCUT2D eigenvalue weighted by Crippen LogP contribution is -2.24. The SMILES string of the molecule is Cc1c(C#N)c(C#N)c(Br)c2c1C1CCC2CC1. The van der Waals surface area contributed by atoms with Crippen molar-refractivity contribution in [2.75, 3.05) is 0 Å². The van der Waals surface area contributed by atoms with Crippen LogP contribution < -0.4 is 0 Å². The summed E-state index contributed by atoms with van der Waals surface area (Å²) in [5.74, 6) is 1.18. The molecule has 3 aliphatic carbocycles. The van der Waals surface area contributed by atoms with Crippen LogP contribution in [0.3, 0.4) is 0 Å². The molecular weight excluding hydrogens is 288 g/mol. The predicted octanol–water partition coefficient (Wildman–Crippen LogP) is 4.26. The Morgan fingerprint density at radius 3 is 1.94 bits per heavy atom. The van der Waals surface area contributed by atoms with E-state index in [-0.39, 0.29) is 0 Å². The van der Waals surface area contributed by atoms with Crippen LogP contribution >= 0.6 is 15.9 Å². The van der Waals surface area contributed by atoms with E-state index in [1.54, 1.807) is 0 Å². The van der Waals surface area contributed by atoms with Crippen LogP contribution in [-0.2, 0) is 0 Å². The highest BCUT2D eigenvalue weighted by atomic mass is 79.9. The Hall–Kier alpha value is -1.32. The summed E-state index contributed by atoms with van der Waals surface area (Å²) in [6.45, 7) is 2.01. The number of hydrogen-bond donors (Lipinski definition) is 0. The minimum atomic E-state index is 0.529. The number of hydrogen-bond acceptors (Lipinski definition) is 2. The maximum absolute atomic E-state index is 9.30. The van der Waals surface area contributed by atoms with Gasteiger partial charge in [0.05, 0.1) is 11.1 Å². The van der Waals surface area contributed by atoms with E-state index < -0.39 is 0 Å². The Morgan fingerprint density at radius 1 is 0.944 bits per heavy atom. The van der Waals surface area contributed by atoms with E-state index in [1.165, 1.54) is 36.8 Å². The van der Waals surface area contributed by atoms with Gasteiger partial charge in [0.2, 0.25) is 0 Å². The maximum atomic E-state index is 9.30. The number of rotatable bonds is 0. The molecule has 0 heterocycles. The van der Waals surface area contributed by atoms with Crippen molar-refractivity contribution in [2.24, 2.45) is 0 Å². The lowest BCUT2D eigenvalue weighted by atomic mass is 9.65. The molecule has 0 N–H and O–H groups in total. The molecule has 0 radical (unpaired) electrons. The third-order valence-corrected chi connectivity index (χ3v) is 5.37. The van der Waals surface area contributed by atoms with Crippen molar-refractivity contribution in [3.63, 3.8) is 0 Å². The van der Waals surface area contributed by atoms with Crippen LogP contribution in [0, 0.1) is 29.6 Å². The second-order valence-corrected chi connectivity index (χ2v) is 6.08. The second kappa shape index (κ2) is 4.11. The van der Waals surface area contributed by atoms with Crippen LogP contribution in [0.1, 0.15) is 65.3 Å². The van der Waals surface area contributed by atoms with Gasteiger partial charge in [0.15, 0.2) is 0 Å². The molecule has 4 rings (SSSR count). The summed E-state index contributed by atoms with van der Waals surface area (Å²) in [4.78, 5) is 0. The first-order valence-corrected chi connectivity index (χ1v) is 7.14. The van der Waals surface area contributed by atoms with Gasteiger partial charge in [-0.15, -0.1) is 0 Å². The Labute approximate surface area is 115 Å². The molecule has 3 heteroatoms. The molecular formula is C15H13BrN2. The molecule has 0 amide bonds. The van der Waals surface area contributed by atoms with E-state index >= 15 is 0 Å². The Morgan fingerprint density at radius 2 is 1.44 bits per heavy atom. The summed E-state index contributed by atoms with van der Waals surface area (Å²) in [7, 11) is 0. The highest BCUT2D eigenvalue weighted by Crippen LogP contribution is 2.53. The summed E-state index contributed by atoms with van der Waals surface area (Å²) in [6.07, 6.45) is 4.93. The number of benzene rings is 1. The van der Waals surface area contributed by atoms with Gasteiger partial charge in [-0.1, -0.05) is 0 Å². The van der Waals surface area contributed by atoms with Crippen molar-refractivity contribution < 1.29 is 0 Å². The molecule has 2 bridgehead atoms. The highest BCUT2D eigenvalue weighted by molar-refractivity contribution is 9.10. The summed E-state index contributed by atoms with van der Waals surface area (Å²) in [6, 6.07) is 4.41. The standard InChI is InChI=1S/C15H13BrN2/c1-8-11(6-17)12(7-18)15(16)14-10-4-2-9(3-5-10)13(8)14/h9-10H,2-5H2,1H3. The molecule has 0 atom stereocenters. The first-order chi connectivity index (χ1) is 8.69. The number of nitrogens with zero attached hydrogens (tertiary/aromatic N) is 2. The van der Waals surface area contributed by atoms with Gasteiger partial charge >= 0.3 is 0 Å². The molecule has 1 aromatic rings. The fourth-order valence-corrected chi connectivity index (χ4v) is 4.55. The second-order valence-electron chi connectivity index (χ2n) is 5.29. The molecule has 1 saturated carbocycles. The smallest absolute Gasteiger partial charge is 0.102 e. The fourth-order valence-electron chi connectivity index (χ4n) is 3.73. The van der Waals surface area contributed by atoms with Crippen molar-refractivity contribution in [2.45, 2.75) is 44.4 Å². The minimum Gasteiger partial charge on any atom is -0.192 e.